The average molecular weight is 185 g/mol. The molecule has 0 aromatic carbocycles. The van der Waals surface area contributed by atoms with Gasteiger partial charge in [-0.2, -0.15) is 13.2 Å². The molecule has 1 fully saturated rings. The average Bonchev–Trinajstić information content (AvgIpc) is 2.30. The summed E-state index contributed by atoms with van der Waals surface area (Å²) in [5.41, 5.74) is 0. The maximum atomic E-state index is 11.8. The Balaban J connectivity index is 2.51. The fourth-order valence-electron chi connectivity index (χ4n) is 0.813. The van der Waals surface area contributed by atoms with E-state index >= 15 is 0 Å². The molecule has 0 aliphatic carbocycles. The number of carbonyl (C=O) groups is 1. The normalized spacial score (nSPS) is 30.6. The Labute approximate surface area is 65.3 Å². The third kappa shape index (κ3) is 1.86. The van der Waals surface area contributed by atoms with Crippen molar-refractivity contribution in [2.45, 2.75) is 18.5 Å². The smallest absolute Gasteiger partial charge is 0.428 e. The van der Waals surface area contributed by atoms with E-state index in [0.29, 0.717) is 0 Å². The van der Waals surface area contributed by atoms with Crippen LogP contribution in [-0.2, 0) is 9.53 Å². The first kappa shape index (κ1) is 9.27. The number of rotatable bonds is 1. The maximum Gasteiger partial charge on any atom is 0.428 e. The second kappa shape index (κ2) is 2.91. The van der Waals surface area contributed by atoms with Crippen molar-refractivity contribution in [3.63, 3.8) is 0 Å². The minimum Gasteiger partial charge on any atom is -0.479 e. The Morgan fingerprint density at radius 2 is 2.17 bits per heavy atom. The Bertz CT molecular complexity index is 193. The highest BCUT2D eigenvalue weighted by molar-refractivity contribution is 5.72. The van der Waals surface area contributed by atoms with Gasteiger partial charge >= 0.3 is 12.1 Å². The number of alkyl halides is 3. The van der Waals surface area contributed by atoms with Crippen LogP contribution in [0.1, 0.15) is 0 Å². The molecule has 4 nitrogen and oxygen atoms in total. The van der Waals surface area contributed by atoms with Gasteiger partial charge < -0.3 is 9.84 Å². The fourth-order valence-corrected chi connectivity index (χ4v) is 0.813. The second-order valence-electron chi connectivity index (χ2n) is 2.29. The topological polar surface area (TPSA) is 58.6 Å². The van der Waals surface area contributed by atoms with Gasteiger partial charge in [-0.25, -0.2) is 4.79 Å². The lowest BCUT2D eigenvalue weighted by molar-refractivity contribution is -0.222. The molecular weight excluding hydrogens is 179 g/mol. The van der Waals surface area contributed by atoms with Crippen molar-refractivity contribution in [3.05, 3.63) is 0 Å². The van der Waals surface area contributed by atoms with Gasteiger partial charge in [0.2, 0.25) is 6.23 Å². The lowest BCUT2D eigenvalue weighted by Gasteiger charge is -2.13. The molecule has 2 N–H and O–H groups in total. The summed E-state index contributed by atoms with van der Waals surface area (Å²) in [7, 11) is 0. The summed E-state index contributed by atoms with van der Waals surface area (Å²) >= 11 is 0. The van der Waals surface area contributed by atoms with E-state index in [0.717, 1.165) is 0 Å². The first-order valence-electron chi connectivity index (χ1n) is 3.09. The number of carboxylic acid groups (broad SMARTS) is 1. The molecular formula is C5H6F3NO3. The van der Waals surface area contributed by atoms with Crippen LogP contribution in [0.25, 0.3) is 0 Å². The number of halogens is 3. The molecule has 2 atom stereocenters. The second-order valence-corrected chi connectivity index (χ2v) is 2.29. The van der Waals surface area contributed by atoms with Crippen molar-refractivity contribution >= 4 is 5.97 Å². The molecule has 0 aromatic rings. The van der Waals surface area contributed by atoms with Gasteiger partial charge in [0.1, 0.15) is 0 Å². The molecule has 12 heavy (non-hydrogen) atoms. The summed E-state index contributed by atoms with van der Waals surface area (Å²) in [6, 6.07) is 0. The van der Waals surface area contributed by atoms with Gasteiger partial charge in [-0.1, -0.05) is 0 Å². The molecule has 0 radical (unpaired) electrons. The summed E-state index contributed by atoms with van der Waals surface area (Å²) in [4.78, 5) is 10.1. The van der Waals surface area contributed by atoms with Crippen LogP contribution in [0.4, 0.5) is 13.2 Å². The molecule has 1 heterocycles. The highest BCUT2D eigenvalue weighted by Gasteiger charge is 2.47. The minimum atomic E-state index is -4.55. The zero-order valence-electron chi connectivity index (χ0n) is 5.76. The monoisotopic (exact) mass is 185 g/mol. The Kier molecular flexibility index (Phi) is 2.25. The summed E-state index contributed by atoms with van der Waals surface area (Å²) in [5, 5.41) is 10.2. The van der Waals surface area contributed by atoms with Crippen molar-refractivity contribution in [2.24, 2.45) is 0 Å². The zero-order valence-corrected chi connectivity index (χ0v) is 5.76. The van der Waals surface area contributed by atoms with Crippen molar-refractivity contribution in [1.29, 1.82) is 0 Å². The first-order chi connectivity index (χ1) is 5.41. The summed E-state index contributed by atoms with van der Waals surface area (Å²) in [5.74, 6) is -1.39. The maximum absolute atomic E-state index is 11.8. The Morgan fingerprint density at radius 3 is 2.42 bits per heavy atom. The van der Waals surface area contributed by atoms with E-state index in [9.17, 15) is 18.0 Å². The molecule has 1 aliphatic rings. The lowest BCUT2D eigenvalue weighted by Crippen LogP contribution is -2.38. The van der Waals surface area contributed by atoms with Crippen LogP contribution in [0.3, 0.4) is 0 Å². The predicted octanol–water partition coefficient (Wildman–Crippen LogP) is -0.0522. The SMILES string of the molecule is O=C(O)C1CNC(C(F)(F)F)O1. The Hall–Kier alpha value is -0.820. The zero-order chi connectivity index (χ0) is 9.35. The Morgan fingerprint density at radius 1 is 1.58 bits per heavy atom. The lowest BCUT2D eigenvalue weighted by atomic mass is 10.4. The molecule has 1 saturated heterocycles. The van der Waals surface area contributed by atoms with Gasteiger partial charge in [-0.3, -0.25) is 5.32 Å². The van der Waals surface area contributed by atoms with Gasteiger partial charge in [0.05, 0.1) is 0 Å². The third-order valence-corrected chi connectivity index (χ3v) is 1.36. The van der Waals surface area contributed by atoms with Crippen LogP contribution < -0.4 is 5.32 Å². The number of nitrogens with one attached hydrogen (secondary N) is 1. The first-order valence-corrected chi connectivity index (χ1v) is 3.09. The molecule has 1 rings (SSSR count). The van der Waals surface area contributed by atoms with Gasteiger partial charge in [0.15, 0.2) is 6.10 Å². The fraction of sp³-hybridized carbons (Fsp3) is 0.800. The highest BCUT2D eigenvalue weighted by atomic mass is 19.4. The molecule has 0 spiro atoms. The third-order valence-electron chi connectivity index (χ3n) is 1.36. The van der Waals surface area contributed by atoms with Crippen LogP contribution in [0.5, 0.6) is 0 Å². The standard InChI is InChI=1S/C5H6F3NO3/c6-5(7,8)4-9-1-2(12-4)3(10)11/h2,4,9H,1H2,(H,10,11). The van der Waals surface area contributed by atoms with Crippen molar-refractivity contribution in [1.82, 2.24) is 5.32 Å². The summed E-state index contributed by atoms with van der Waals surface area (Å²) < 4.78 is 39.6. The van der Waals surface area contributed by atoms with E-state index in [4.69, 9.17) is 5.11 Å². The van der Waals surface area contributed by atoms with E-state index in [2.05, 4.69) is 4.74 Å². The molecule has 1 aliphatic heterocycles. The predicted molar refractivity (Wildman–Crippen MR) is 30.4 cm³/mol. The number of aliphatic carboxylic acids is 1. The van der Waals surface area contributed by atoms with Gasteiger partial charge in [-0.05, 0) is 0 Å². The molecule has 70 valence electrons. The number of hydrogen-bond acceptors (Lipinski definition) is 3. The van der Waals surface area contributed by atoms with E-state index < -0.39 is 24.5 Å². The van der Waals surface area contributed by atoms with Gasteiger partial charge in [0.25, 0.3) is 0 Å². The van der Waals surface area contributed by atoms with E-state index in [1.807, 2.05) is 5.32 Å². The van der Waals surface area contributed by atoms with E-state index in [1.54, 1.807) is 0 Å². The number of ether oxygens (including phenoxy) is 1. The number of hydrogen-bond donors (Lipinski definition) is 2. The molecule has 7 heteroatoms. The van der Waals surface area contributed by atoms with Crippen LogP contribution >= 0.6 is 0 Å². The summed E-state index contributed by atoms with van der Waals surface area (Å²) in [6.45, 7) is -0.320. The van der Waals surface area contributed by atoms with Crippen LogP contribution in [0, 0.1) is 0 Å². The quantitative estimate of drug-likeness (QED) is 0.601. The molecule has 2 unspecified atom stereocenters. The van der Waals surface area contributed by atoms with E-state index in [-0.39, 0.29) is 6.54 Å². The largest absolute Gasteiger partial charge is 0.479 e. The molecule has 0 amide bonds. The molecule has 0 aromatic heterocycles. The van der Waals surface area contributed by atoms with Crippen molar-refractivity contribution < 1.29 is 27.8 Å². The van der Waals surface area contributed by atoms with Gasteiger partial charge in [-0.15, -0.1) is 0 Å². The molecule has 0 bridgehead atoms. The molecule has 0 saturated carbocycles. The van der Waals surface area contributed by atoms with Crippen LogP contribution in [-0.4, -0.2) is 36.1 Å². The van der Waals surface area contributed by atoms with Crippen LogP contribution in [0.2, 0.25) is 0 Å². The van der Waals surface area contributed by atoms with Crippen molar-refractivity contribution in [2.75, 3.05) is 6.54 Å². The van der Waals surface area contributed by atoms with E-state index in [1.165, 1.54) is 0 Å². The van der Waals surface area contributed by atoms with Crippen molar-refractivity contribution in [3.8, 4) is 0 Å². The highest BCUT2D eigenvalue weighted by Crippen LogP contribution is 2.24. The van der Waals surface area contributed by atoms with Crippen LogP contribution in [0.15, 0.2) is 0 Å². The summed E-state index contributed by atoms with van der Waals surface area (Å²) in [6.07, 6.45) is -8.11. The number of carboxylic acids is 1. The van der Waals surface area contributed by atoms with Gasteiger partial charge in [0, 0.05) is 6.54 Å². The minimum absolute atomic E-state index is 0.320.